The van der Waals surface area contributed by atoms with Gasteiger partial charge in [0.05, 0.1) is 0 Å². The zero-order valence-electron chi connectivity index (χ0n) is 24.5. The van der Waals surface area contributed by atoms with E-state index in [1.165, 1.54) is 17.1 Å². The quantitative estimate of drug-likeness (QED) is 0.225. The molecule has 210 valence electrons. The molecule has 1 rings (SSSR count). The molecule has 1 heterocycles. The summed E-state index contributed by atoms with van der Waals surface area (Å²) < 4.78 is 38.4. The number of rotatable bonds is 14. The van der Waals surface area contributed by atoms with Crippen LogP contribution in [0.15, 0.2) is 12.2 Å². The van der Waals surface area contributed by atoms with Gasteiger partial charge in [-0.1, -0.05) is 0 Å². The molecule has 0 spiro atoms. The molecule has 0 aromatic rings. The molecule has 0 saturated carbocycles. The van der Waals surface area contributed by atoms with Crippen molar-refractivity contribution in [1.29, 1.82) is 0 Å². The highest BCUT2D eigenvalue weighted by atomic mass is 28.5. The van der Waals surface area contributed by atoms with E-state index in [-0.39, 0.29) is 18.0 Å². The van der Waals surface area contributed by atoms with E-state index < -0.39 is 59.7 Å². The summed E-state index contributed by atoms with van der Waals surface area (Å²) in [4.78, 5) is 35.4. The smallest absolute Gasteiger partial charge is 0.320 e. The lowest BCUT2D eigenvalue weighted by Gasteiger charge is -2.43. The van der Waals surface area contributed by atoms with E-state index in [1.807, 2.05) is 78.6 Å². The average molecular weight is 630 g/mol. The Balaban J connectivity index is 2.83. The summed E-state index contributed by atoms with van der Waals surface area (Å²) in [5, 5.41) is 0. The third kappa shape index (κ3) is 12.8. The molecule has 0 radical (unpaired) electrons. The summed E-state index contributed by atoms with van der Waals surface area (Å²) in [5.74, 6) is -0.605. The van der Waals surface area contributed by atoms with Gasteiger partial charge in [0.1, 0.15) is 0 Å². The van der Waals surface area contributed by atoms with Crippen LogP contribution in [0, 0.1) is 0 Å². The minimum Gasteiger partial charge on any atom is -0.435 e. The van der Waals surface area contributed by atoms with Crippen molar-refractivity contribution in [3.05, 3.63) is 12.2 Å². The van der Waals surface area contributed by atoms with Gasteiger partial charge >= 0.3 is 51.4 Å². The standard InChI is InChI=1S/C19H47NO9Si7/c1-30(2,17-20-18(21)15-16-19(20)22)24-32(5,6)26-34(9,10)28-36(13,14)29-35(11,12)27-33(7,8)25-31(3,4)23/h15-16,23H,17H2,1-14H3. The lowest BCUT2D eigenvalue weighted by atomic mass is 10.6. The van der Waals surface area contributed by atoms with Gasteiger partial charge in [0.25, 0.3) is 11.8 Å². The third-order valence-electron chi connectivity index (χ3n) is 4.42. The lowest BCUT2D eigenvalue weighted by Crippen LogP contribution is -2.61. The number of amides is 2. The van der Waals surface area contributed by atoms with Crippen LogP contribution < -0.4 is 0 Å². The van der Waals surface area contributed by atoms with Crippen molar-refractivity contribution in [2.45, 2.75) is 91.7 Å². The zero-order valence-corrected chi connectivity index (χ0v) is 31.5. The molecular weight excluding hydrogens is 583 g/mol. The zero-order chi connectivity index (χ0) is 28.6. The van der Waals surface area contributed by atoms with Crippen LogP contribution >= 0.6 is 0 Å². The fourth-order valence-electron chi connectivity index (χ4n) is 4.74. The fraction of sp³-hybridized carbons (Fsp3) is 0.789. The van der Waals surface area contributed by atoms with Crippen LogP contribution in [0.25, 0.3) is 0 Å². The summed E-state index contributed by atoms with van der Waals surface area (Å²) in [6.45, 7) is 27.0. The molecule has 0 aromatic carbocycles. The van der Waals surface area contributed by atoms with Gasteiger partial charge in [-0.2, -0.15) is 0 Å². The number of hydrogen-bond donors (Lipinski definition) is 1. The Kier molecular flexibility index (Phi) is 10.7. The average Bonchev–Trinajstić information content (AvgIpc) is 2.77. The molecule has 0 aliphatic carbocycles. The van der Waals surface area contributed by atoms with E-state index in [0.29, 0.717) is 0 Å². The summed E-state index contributed by atoms with van der Waals surface area (Å²) in [7, 11) is -18.5. The second-order valence-electron chi connectivity index (χ2n) is 12.4. The number of carbonyl (C=O) groups is 2. The fourth-order valence-corrected chi connectivity index (χ4v) is 37.9. The maximum Gasteiger partial charge on any atom is 0.320 e. The Labute approximate surface area is 224 Å². The molecule has 17 heteroatoms. The molecule has 2 amide bonds. The molecule has 1 aliphatic heterocycles. The Bertz CT molecular complexity index is 837. The SMILES string of the molecule is C[Si](C)(O)O[Si](C)(C)O[Si](C)(C)O[Si](C)(C)O[Si](C)(C)O[Si](C)(C)O[Si](C)(C)CN1C(=O)C=CC1=O. The van der Waals surface area contributed by atoms with Crippen molar-refractivity contribution in [1.82, 2.24) is 4.90 Å². The molecule has 1 N–H and O–H groups in total. The van der Waals surface area contributed by atoms with E-state index in [4.69, 9.17) is 24.7 Å². The third-order valence-corrected chi connectivity index (χ3v) is 29.4. The predicted molar refractivity (Wildman–Crippen MR) is 157 cm³/mol. The van der Waals surface area contributed by atoms with Gasteiger partial charge in [0.2, 0.25) is 0 Å². The van der Waals surface area contributed by atoms with E-state index in [0.717, 1.165) is 0 Å². The summed E-state index contributed by atoms with van der Waals surface area (Å²) >= 11 is 0. The number of imide groups is 1. The molecule has 0 unspecified atom stereocenters. The minimum atomic E-state index is -2.74. The molecule has 1 aliphatic rings. The minimum absolute atomic E-state index is 0.274. The second kappa shape index (κ2) is 11.3. The Morgan fingerprint density at radius 2 is 0.833 bits per heavy atom. The first kappa shape index (κ1) is 34.1. The normalized spacial score (nSPS) is 16.9. The largest absolute Gasteiger partial charge is 0.435 e. The highest BCUT2D eigenvalue weighted by Crippen LogP contribution is 2.28. The van der Waals surface area contributed by atoms with E-state index >= 15 is 0 Å². The number of nitrogens with zero attached hydrogens (tertiary/aromatic N) is 1. The van der Waals surface area contributed by atoms with Crippen molar-refractivity contribution < 1.29 is 39.1 Å². The maximum absolute atomic E-state index is 12.0. The molecule has 0 aromatic heterocycles. The summed E-state index contributed by atoms with van der Waals surface area (Å²) in [6.07, 6.45) is 2.86. The lowest BCUT2D eigenvalue weighted by molar-refractivity contribution is -0.135. The van der Waals surface area contributed by atoms with Crippen LogP contribution in [0.5, 0.6) is 0 Å². The van der Waals surface area contributed by atoms with Crippen molar-refractivity contribution in [2.75, 3.05) is 6.17 Å². The molecule has 0 saturated heterocycles. The van der Waals surface area contributed by atoms with Crippen LogP contribution in [-0.2, 0) is 34.3 Å². The van der Waals surface area contributed by atoms with Crippen molar-refractivity contribution >= 4 is 71.5 Å². The first-order valence-electron chi connectivity index (χ1n) is 12.1. The first-order chi connectivity index (χ1) is 15.6. The molecule has 10 nitrogen and oxygen atoms in total. The van der Waals surface area contributed by atoms with Crippen LogP contribution in [0.4, 0.5) is 0 Å². The molecule has 0 fully saturated rings. The first-order valence-corrected chi connectivity index (χ1v) is 32.2. The Morgan fingerprint density at radius 1 is 0.556 bits per heavy atom. The predicted octanol–water partition coefficient (Wildman–Crippen LogP) is 3.96. The summed E-state index contributed by atoms with van der Waals surface area (Å²) in [6, 6.07) is 0. The van der Waals surface area contributed by atoms with Gasteiger partial charge in [-0.3, -0.25) is 14.5 Å². The molecule has 36 heavy (non-hydrogen) atoms. The topological polar surface area (TPSA) is 113 Å². The maximum atomic E-state index is 12.0. The van der Waals surface area contributed by atoms with Gasteiger partial charge in [-0.05, 0) is 91.7 Å². The van der Waals surface area contributed by atoms with Crippen molar-refractivity contribution in [2.24, 2.45) is 0 Å². The number of carbonyl (C=O) groups excluding carboxylic acids is 2. The van der Waals surface area contributed by atoms with Crippen LogP contribution in [0.1, 0.15) is 0 Å². The van der Waals surface area contributed by atoms with Crippen molar-refractivity contribution in [3.63, 3.8) is 0 Å². The van der Waals surface area contributed by atoms with Gasteiger partial charge in [0.15, 0.2) is 8.32 Å². The van der Waals surface area contributed by atoms with E-state index in [9.17, 15) is 14.4 Å². The van der Waals surface area contributed by atoms with Gasteiger partial charge in [-0.15, -0.1) is 0 Å². The van der Waals surface area contributed by atoms with Gasteiger partial charge in [-0.25, -0.2) is 0 Å². The van der Waals surface area contributed by atoms with Crippen LogP contribution in [0.2, 0.25) is 91.7 Å². The monoisotopic (exact) mass is 629 g/mol. The highest BCUT2D eigenvalue weighted by molar-refractivity contribution is 6.91. The molecular formula is C19H47NO9Si7. The number of hydrogen-bond acceptors (Lipinski definition) is 9. The molecule has 0 atom stereocenters. The van der Waals surface area contributed by atoms with Gasteiger partial charge in [0, 0.05) is 18.3 Å². The van der Waals surface area contributed by atoms with E-state index in [2.05, 4.69) is 0 Å². The Morgan fingerprint density at radius 3 is 1.14 bits per heavy atom. The Hall–Kier alpha value is 0.118. The van der Waals surface area contributed by atoms with Gasteiger partial charge < -0.3 is 29.5 Å². The van der Waals surface area contributed by atoms with Crippen LogP contribution in [-0.4, -0.2) is 87.4 Å². The highest BCUT2D eigenvalue weighted by Gasteiger charge is 2.48. The van der Waals surface area contributed by atoms with Crippen LogP contribution in [0.3, 0.4) is 0 Å². The van der Waals surface area contributed by atoms with Crippen molar-refractivity contribution in [3.8, 4) is 0 Å². The van der Waals surface area contributed by atoms with E-state index in [1.54, 1.807) is 13.1 Å². The molecule has 0 bridgehead atoms. The summed E-state index contributed by atoms with van der Waals surface area (Å²) in [5.41, 5.74) is 0. The second-order valence-corrected chi connectivity index (χ2v) is 38.0.